The van der Waals surface area contributed by atoms with Gasteiger partial charge >= 0.3 is 12.1 Å². The largest absolute Gasteiger partial charge is 0.444 e. The van der Waals surface area contributed by atoms with E-state index < -0.39 is 35.5 Å². The van der Waals surface area contributed by atoms with Crippen LogP contribution in [0.5, 0.6) is 0 Å². The lowest BCUT2D eigenvalue weighted by Crippen LogP contribution is -2.51. The van der Waals surface area contributed by atoms with E-state index in [1.54, 1.807) is 51.9 Å². The van der Waals surface area contributed by atoms with Crippen LogP contribution in [0.15, 0.2) is 24.3 Å². The Balaban J connectivity index is 2.11. The number of benzene rings is 1. The molecule has 9 nitrogen and oxygen atoms in total. The van der Waals surface area contributed by atoms with Crippen LogP contribution in [-0.2, 0) is 14.4 Å². The van der Waals surface area contributed by atoms with Gasteiger partial charge in [0.2, 0.25) is 0 Å². The van der Waals surface area contributed by atoms with Crippen molar-refractivity contribution in [1.82, 2.24) is 15.3 Å². The number of amides is 3. The number of carbonyl (C=O) groups is 4. The Bertz CT molecular complexity index is 734. The average Bonchev–Trinajstić information content (AvgIpc) is 2.77. The summed E-state index contributed by atoms with van der Waals surface area (Å²) >= 11 is 0. The number of rotatable bonds is 5. The number of ether oxygens (including phenoxy) is 1. The molecule has 0 bridgehead atoms. The van der Waals surface area contributed by atoms with E-state index in [4.69, 9.17) is 9.57 Å². The standard InChI is InChI=1S/C18H23N3O6/c1-18(2,3)26-17(25)19-13(10-20(4)5)16(24)27-21-14(22)11-8-6-7-9-12(11)15(21)23/h6-9,13H,10H2,1-5H3,(H,19,25). The molecule has 9 heteroatoms. The lowest BCUT2D eigenvalue weighted by atomic mass is 10.1. The van der Waals surface area contributed by atoms with Crippen LogP contribution >= 0.6 is 0 Å². The highest BCUT2D eigenvalue weighted by atomic mass is 16.7. The maximum absolute atomic E-state index is 12.5. The zero-order chi connectivity index (χ0) is 20.4. The summed E-state index contributed by atoms with van der Waals surface area (Å²) in [4.78, 5) is 55.8. The van der Waals surface area contributed by atoms with Gasteiger partial charge in [-0.2, -0.15) is 0 Å². The third-order valence-corrected chi connectivity index (χ3v) is 3.46. The van der Waals surface area contributed by atoms with Crippen molar-refractivity contribution in [3.05, 3.63) is 35.4 Å². The fourth-order valence-electron chi connectivity index (χ4n) is 2.40. The number of hydrogen-bond donors (Lipinski definition) is 1. The third-order valence-electron chi connectivity index (χ3n) is 3.46. The van der Waals surface area contributed by atoms with Gasteiger partial charge in [-0.25, -0.2) is 9.59 Å². The molecule has 0 radical (unpaired) electrons. The lowest BCUT2D eigenvalue weighted by molar-refractivity contribution is -0.171. The van der Waals surface area contributed by atoms with Crippen molar-refractivity contribution in [3.8, 4) is 0 Å². The molecule has 0 spiro atoms. The van der Waals surface area contributed by atoms with Gasteiger partial charge in [-0.05, 0) is 47.0 Å². The highest BCUT2D eigenvalue weighted by molar-refractivity contribution is 6.20. The fraction of sp³-hybridized carbons (Fsp3) is 0.444. The van der Waals surface area contributed by atoms with Crippen LogP contribution in [-0.4, -0.2) is 66.1 Å². The average molecular weight is 377 g/mol. The zero-order valence-corrected chi connectivity index (χ0v) is 15.9. The minimum Gasteiger partial charge on any atom is -0.444 e. The minimum atomic E-state index is -1.14. The molecule has 1 N–H and O–H groups in total. The van der Waals surface area contributed by atoms with E-state index in [1.807, 2.05) is 0 Å². The Hall–Kier alpha value is -2.94. The lowest BCUT2D eigenvalue weighted by Gasteiger charge is -2.25. The number of hydrogen-bond acceptors (Lipinski definition) is 7. The maximum Gasteiger partial charge on any atom is 0.408 e. The van der Waals surface area contributed by atoms with E-state index in [1.165, 1.54) is 12.1 Å². The van der Waals surface area contributed by atoms with Crippen LogP contribution in [0.2, 0.25) is 0 Å². The van der Waals surface area contributed by atoms with Gasteiger partial charge in [0.05, 0.1) is 11.1 Å². The molecule has 0 saturated carbocycles. The summed E-state index contributed by atoms with van der Waals surface area (Å²) in [5.41, 5.74) is -0.446. The molecule has 27 heavy (non-hydrogen) atoms. The summed E-state index contributed by atoms with van der Waals surface area (Å²) < 4.78 is 5.14. The molecule has 0 aliphatic carbocycles. The topological polar surface area (TPSA) is 105 Å². The van der Waals surface area contributed by atoms with Gasteiger partial charge in [0.15, 0.2) is 0 Å². The number of fused-ring (bicyclic) bond motifs is 1. The third kappa shape index (κ3) is 5.04. The van der Waals surface area contributed by atoms with Gasteiger partial charge in [0.25, 0.3) is 11.8 Å². The second kappa shape index (κ2) is 7.75. The first-order valence-corrected chi connectivity index (χ1v) is 8.33. The first-order chi connectivity index (χ1) is 12.5. The van der Waals surface area contributed by atoms with E-state index >= 15 is 0 Å². The molecule has 2 rings (SSSR count). The van der Waals surface area contributed by atoms with E-state index in [2.05, 4.69) is 5.32 Å². The molecular weight excluding hydrogens is 354 g/mol. The zero-order valence-electron chi connectivity index (χ0n) is 15.9. The van der Waals surface area contributed by atoms with Crippen molar-refractivity contribution in [2.75, 3.05) is 20.6 Å². The van der Waals surface area contributed by atoms with Crippen LogP contribution in [0.3, 0.4) is 0 Å². The Kier molecular flexibility index (Phi) is 5.85. The minimum absolute atomic E-state index is 0.0846. The van der Waals surface area contributed by atoms with Crippen molar-refractivity contribution < 1.29 is 28.8 Å². The van der Waals surface area contributed by atoms with Gasteiger partial charge in [-0.1, -0.05) is 17.2 Å². The Morgan fingerprint density at radius 2 is 1.63 bits per heavy atom. The van der Waals surface area contributed by atoms with Gasteiger partial charge in [-0.15, -0.1) is 0 Å². The molecule has 1 aromatic carbocycles. The summed E-state index contributed by atoms with van der Waals surface area (Å²) in [6.45, 7) is 5.14. The van der Waals surface area contributed by atoms with E-state index in [0.717, 1.165) is 0 Å². The molecule has 3 amide bonds. The van der Waals surface area contributed by atoms with Crippen LogP contribution in [0, 0.1) is 0 Å². The second-order valence-electron chi connectivity index (χ2n) is 7.32. The predicted molar refractivity (Wildman–Crippen MR) is 94.7 cm³/mol. The van der Waals surface area contributed by atoms with Gasteiger partial charge in [0.1, 0.15) is 11.6 Å². The first kappa shape index (κ1) is 20.4. The van der Waals surface area contributed by atoms with Crippen molar-refractivity contribution >= 4 is 23.9 Å². The number of nitrogens with one attached hydrogen (secondary N) is 1. The summed E-state index contributed by atoms with van der Waals surface area (Å²) in [5, 5.41) is 2.81. The normalized spacial score (nSPS) is 14.8. The van der Waals surface area contributed by atoms with Crippen molar-refractivity contribution in [1.29, 1.82) is 0 Å². The molecule has 0 saturated heterocycles. The predicted octanol–water partition coefficient (Wildman–Crippen LogP) is 1.20. The number of hydroxylamine groups is 2. The maximum atomic E-state index is 12.5. The second-order valence-corrected chi connectivity index (χ2v) is 7.32. The number of imide groups is 1. The molecule has 1 heterocycles. The molecule has 1 aliphatic heterocycles. The molecule has 0 aromatic heterocycles. The van der Waals surface area contributed by atoms with Crippen LogP contribution in [0.1, 0.15) is 41.5 Å². The van der Waals surface area contributed by atoms with Crippen molar-refractivity contribution in [2.45, 2.75) is 32.4 Å². The molecule has 1 aromatic rings. The molecule has 1 unspecified atom stereocenters. The van der Waals surface area contributed by atoms with Crippen molar-refractivity contribution in [2.24, 2.45) is 0 Å². The van der Waals surface area contributed by atoms with Gasteiger partial charge < -0.3 is 19.8 Å². The number of likely N-dealkylation sites (N-methyl/N-ethyl adjacent to an activating group) is 1. The summed E-state index contributed by atoms with van der Waals surface area (Å²) in [6, 6.07) is 5.01. The first-order valence-electron chi connectivity index (χ1n) is 8.33. The Labute approximate surface area is 157 Å². The van der Waals surface area contributed by atoms with Gasteiger partial charge in [-0.3, -0.25) is 9.59 Å². The molecule has 0 fully saturated rings. The van der Waals surface area contributed by atoms with Crippen LogP contribution in [0.25, 0.3) is 0 Å². The SMILES string of the molecule is CN(C)CC(NC(=O)OC(C)(C)C)C(=O)ON1C(=O)c2ccccc2C1=O. The smallest absolute Gasteiger partial charge is 0.408 e. The summed E-state index contributed by atoms with van der Waals surface area (Å²) in [5.74, 6) is -2.42. The Morgan fingerprint density at radius 1 is 1.11 bits per heavy atom. The van der Waals surface area contributed by atoms with E-state index in [9.17, 15) is 19.2 Å². The highest BCUT2D eigenvalue weighted by Gasteiger charge is 2.40. The highest BCUT2D eigenvalue weighted by Crippen LogP contribution is 2.22. The van der Waals surface area contributed by atoms with E-state index in [-0.39, 0.29) is 17.7 Å². The fourth-order valence-corrected chi connectivity index (χ4v) is 2.40. The summed E-state index contributed by atoms with van der Waals surface area (Å²) in [6.07, 6.45) is -0.811. The molecule has 1 aliphatic rings. The molecular formula is C18H23N3O6. The number of nitrogens with zero attached hydrogens (tertiary/aromatic N) is 2. The van der Waals surface area contributed by atoms with Gasteiger partial charge in [0, 0.05) is 6.54 Å². The Morgan fingerprint density at radius 3 is 2.07 bits per heavy atom. The molecule has 1 atom stereocenters. The quantitative estimate of drug-likeness (QED) is 0.769. The molecule has 146 valence electrons. The van der Waals surface area contributed by atoms with Crippen LogP contribution < -0.4 is 5.32 Å². The van der Waals surface area contributed by atoms with Crippen molar-refractivity contribution in [3.63, 3.8) is 0 Å². The van der Waals surface area contributed by atoms with Crippen LogP contribution in [0.4, 0.5) is 4.79 Å². The number of carbonyl (C=O) groups excluding carboxylic acids is 4. The van der Waals surface area contributed by atoms with E-state index in [0.29, 0.717) is 5.06 Å². The monoisotopic (exact) mass is 377 g/mol. The summed E-state index contributed by atoms with van der Waals surface area (Å²) in [7, 11) is 3.39. The number of alkyl carbamates (subject to hydrolysis) is 1.